The number of nitrogens with zero attached hydrogens (tertiary/aromatic N) is 1. The van der Waals surface area contributed by atoms with E-state index in [-0.39, 0.29) is 36.4 Å². The summed E-state index contributed by atoms with van der Waals surface area (Å²) < 4.78 is 10.3. The van der Waals surface area contributed by atoms with E-state index in [1.54, 1.807) is 13.8 Å². The Labute approximate surface area is 156 Å². The third-order valence-electron chi connectivity index (χ3n) is 4.62. The summed E-state index contributed by atoms with van der Waals surface area (Å²) >= 11 is 0. The van der Waals surface area contributed by atoms with Gasteiger partial charge in [-0.15, -0.1) is 0 Å². The van der Waals surface area contributed by atoms with Gasteiger partial charge in [0.05, 0.1) is 22.5 Å². The first-order chi connectivity index (χ1) is 12.6. The molecule has 1 aliphatic rings. The standard InChI is InChI=1S/C18H22N2O7/c1-18(2,26-3)16-14(19-17(16)23)8-13(21)9-15(22)27-10-11-4-6-12(7-5-11)20(24)25/h4-7,14,16H,8-10H2,1-3H3,(H,19,23)/t14-,16-/m1/s1. The number of nitro groups is 1. The van der Waals surface area contributed by atoms with Gasteiger partial charge < -0.3 is 14.8 Å². The summed E-state index contributed by atoms with van der Waals surface area (Å²) in [6.45, 7) is 3.46. The Morgan fingerprint density at radius 1 is 1.26 bits per heavy atom. The molecule has 0 aromatic heterocycles. The van der Waals surface area contributed by atoms with Crippen LogP contribution in [0.15, 0.2) is 24.3 Å². The largest absolute Gasteiger partial charge is 0.460 e. The average Bonchev–Trinajstić information content (AvgIpc) is 2.59. The number of hydrogen-bond acceptors (Lipinski definition) is 7. The van der Waals surface area contributed by atoms with Gasteiger partial charge in [0.25, 0.3) is 5.69 Å². The quantitative estimate of drug-likeness (QED) is 0.227. The molecular weight excluding hydrogens is 356 g/mol. The lowest BCUT2D eigenvalue weighted by molar-refractivity contribution is -0.384. The van der Waals surface area contributed by atoms with E-state index in [4.69, 9.17) is 9.47 Å². The highest BCUT2D eigenvalue weighted by atomic mass is 16.6. The molecule has 0 unspecified atom stereocenters. The van der Waals surface area contributed by atoms with Crippen LogP contribution >= 0.6 is 0 Å². The molecule has 0 spiro atoms. The summed E-state index contributed by atoms with van der Waals surface area (Å²) in [6.07, 6.45) is -0.380. The lowest BCUT2D eigenvalue weighted by atomic mass is 9.75. The van der Waals surface area contributed by atoms with Crippen LogP contribution in [0.1, 0.15) is 32.3 Å². The first-order valence-electron chi connectivity index (χ1n) is 8.40. The van der Waals surface area contributed by atoms with Crippen molar-refractivity contribution in [1.29, 1.82) is 0 Å². The molecule has 1 aromatic carbocycles. The van der Waals surface area contributed by atoms with Crippen LogP contribution in [0.5, 0.6) is 0 Å². The number of nitrogens with one attached hydrogen (secondary N) is 1. The Morgan fingerprint density at radius 3 is 2.41 bits per heavy atom. The Bertz CT molecular complexity index is 743. The van der Waals surface area contributed by atoms with E-state index in [1.165, 1.54) is 31.4 Å². The Hall–Kier alpha value is -2.81. The molecule has 1 fully saturated rings. The normalized spacial score (nSPS) is 19.0. The van der Waals surface area contributed by atoms with Crippen LogP contribution in [0.2, 0.25) is 0 Å². The number of benzene rings is 1. The van der Waals surface area contributed by atoms with Gasteiger partial charge in [-0.1, -0.05) is 0 Å². The van der Waals surface area contributed by atoms with Crippen molar-refractivity contribution in [3.05, 3.63) is 39.9 Å². The van der Waals surface area contributed by atoms with E-state index >= 15 is 0 Å². The van der Waals surface area contributed by atoms with Gasteiger partial charge in [0, 0.05) is 25.7 Å². The summed E-state index contributed by atoms with van der Waals surface area (Å²) in [4.78, 5) is 45.7. The van der Waals surface area contributed by atoms with Gasteiger partial charge in [0.15, 0.2) is 0 Å². The number of hydrogen-bond donors (Lipinski definition) is 1. The average molecular weight is 378 g/mol. The van der Waals surface area contributed by atoms with Gasteiger partial charge >= 0.3 is 5.97 Å². The molecule has 1 aromatic rings. The SMILES string of the molecule is COC(C)(C)[C@H]1C(=O)N[C@@H]1CC(=O)CC(=O)OCc1ccc([N+](=O)[O-])cc1. The summed E-state index contributed by atoms with van der Waals surface area (Å²) in [5, 5.41) is 13.3. The van der Waals surface area contributed by atoms with Crippen molar-refractivity contribution in [2.24, 2.45) is 5.92 Å². The van der Waals surface area contributed by atoms with E-state index in [1.807, 2.05) is 0 Å². The Kier molecular flexibility index (Phi) is 6.27. The maximum Gasteiger partial charge on any atom is 0.313 e. The summed E-state index contributed by atoms with van der Waals surface area (Å²) in [5.74, 6) is -1.67. The highest BCUT2D eigenvalue weighted by Crippen LogP contribution is 2.32. The third kappa shape index (κ3) is 5.10. The number of carbonyl (C=O) groups excluding carboxylic acids is 3. The third-order valence-corrected chi connectivity index (χ3v) is 4.62. The lowest BCUT2D eigenvalue weighted by Crippen LogP contribution is -2.66. The van der Waals surface area contributed by atoms with Crippen LogP contribution in [-0.2, 0) is 30.5 Å². The highest BCUT2D eigenvalue weighted by molar-refractivity contribution is 5.97. The molecule has 0 aliphatic carbocycles. The second-order valence-corrected chi connectivity index (χ2v) is 6.90. The number of carbonyl (C=O) groups is 3. The molecule has 1 saturated heterocycles. The molecule has 9 nitrogen and oxygen atoms in total. The minimum atomic E-state index is -0.705. The Morgan fingerprint density at radius 2 is 1.89 bits per heavy atom. The number of non-ortho nitro benzene ring substituents is 1. The van der Waals surface area contributed by atoms with E-state index in [0.717, 1.165) is 0 Å². The smallest absolute Gasteiger partial charge is 0.313 e. The molecular formula is C18H22N2O7. The van der Waals surface area contributed by atoms with Crippen LogP contribution in [-0.4, -0.2) is 41.3 Å². The summed E-state index contributed by atoms with van der Waals surface area (Å²) in [6, 6.07) is 5.21. The maximum atomic E-state index is 12.1. The fourth-order valence-electron chi connectivity index (χ4n) is 2.95. The van der Waals surface area contributed by atoms with Gasteiger partial charge in [0.2, 0.25) is 5.91 Å². The highest BCUT2D eigenvalue weighted by Gasteiger charge is 2.49. The predicted octanol–water partition coefficient (Wildman–Crippen LogP) is 1.53. The molecule has 0 saturated carbocycles. The number of ether oxygens (including phenoxy) is 2. The molecule has 1 amide bonds. The van der Waals surface area contributed by atoms with E-state index < -0.39 is 28.8 Å². The molecule has 2 atom stereocenters. The van der Waals surface area contributed by atoms with E-state index in [0.29, 0.717) is 5.56 Å². The number of amides is 1. The van der Waals surface area contributed by atoms with Crippen LogP contribution in [0.3, 0.4) is 0 Å². The van der Waals surface area contributed by atoms with Crippen LogP contribution in [0.4, 0.5) is 5.69 Å². The fraction of sp³-hybridized carbons (Fsp3) is 0.500. The topological polar surface area (TPSA) is 125 Å². The first kappa shape index (κ1) is 20.5. The zero-order valence-electron chi connectivity index (χ0n) is 15.4. The molecule has 1 aliphatic heterocycles. The minimum absolute atomic E-state index is 0.0236. The molecule has 146 valence electrons. The van der Waals surface area contributed by atoms with Gasteiger partial charge in [0.1, 0.15) is 18.8 Å². The minimum Gasteiger partial charge on any atom is -0.460 e. The van der Waals surface area contributed by atoms with E-state index in [9.17, 15) is 24.5 Å². The van der Waals surface area contributed by atoms with E-state index in [2.05, 4.69) is 5.32 Å². The van der Waals surface area contributed by atoms with Crippen LogP contribution in [0, 0.1) is 16.0 Å². The van der Waals surface area contributed by atoms with Crippen molar-refractivity contribution < 1.29 is 28.8 Å². The summed E-state index contributed by atoms with van der Waals surface area (Å²) in [5.41, 5.74) is -0.185. The molecule has 1 N–H and O–H groups in total. The molecule has 2 rings (SSSR count). The van der Waals surface area contributed by atoms with Crippen molar-refractivity contribution in [2.45, 2.75) is 44.9 Å². The van der Waals surface area contributed by atoms with Gasteiger partial charge in [-0.3, -0.25) is 24.5 Å². The van der Waals surface area contributed by atoms with Crippen molar-refractivity contribution in [3.63, 3.8) is 0 Å². The molecule has 0 bridgehead atoms. The predicted molar refractivity (Wildman–Crippen MR) is 93.6 cm³/mol. The van der Waals surface area contributed by atoms with Gasteiger partial charge in [-0.25, -0.2) is 0 Å². The molecule has 0 radical (unpaired) electrons. The monoisotopic (exact) mass is 378 g/mol. The zero-order valence-corrected chi connectivity index (χ0v) is 15.4. The van der Waals surface area contributed by atoms with Crippen LogP contribution in [0.25, 0.3) is 0 Å². The number of Topliss-reactive ketones (excluding diaryl/α,β-unsaturated/α-hetero) is 1. The van der Waals surface area contributed by atoms with Crippen molar-refractivity contribution in [3.8, 4) is 0 Å². The molecule has 1 heterocycles. The number of rotatable bonds is 9. The number of ketones is 1. The lowest BCUT2D eigenvalue weighted by Gasteiger charge is -2.45. The van der Waals surface area contributed by atoms with Crippen molar-refractivity contribution >= 4 is 23.3 Å². The molecule has 9 heteroatoms. The van der Waals surface area contributed by atoms with Crippen molar-refractivity contribution in [2.75, 3.05) is 7.11 Å². The first-order valence-corrected chi connectivity index (χ1v) is 8.40. The Balaban J connectivity index is 1.79. The fourth-order valence-corrected chi connectivity index (χ4v) is 2.95. The molecule has 27 heavy (non-hydrogen) atoms. The second kappa shape index (κ2) is 8.26. The number of esters is 1. The van der Waals surface area contributed by atoms with Crippen molar-refractivity contribution in [1.82, 2.24) is 5.32 Å². The van der Waals surface area contributed by atoms with Gasteiger partial charge in [-0.2, -0.15) is 0 Å². The number of β-lactam (4-membered cyclic amide) rings is 1. The maximum absolute atomic E-state index is 12.1. The number of methoxy groups -OCH3 is 1. The summed E-state index contributed by atoms with van der Waals surface area (Å²) in [7, 11) is 1.50. The second-order valence-electron chi connectivity index (χ2n) is 6.90. The zero-order chi connectivity index (χ0) is 20.2. The van der Waals surface area contributed by atoms with Crippen LogP contribution < -0.4 is 5.32 Å². The number of nitro benzene ring substituents is 1. The van der Waals surface area contributed by atoms with Gasteiger partial charge in [-0.05, 0) is 31.5 Å².